The zero-order chi connectivity index (χ0) is 13.3. The zero-order valence-corrected chi connectivity index (χ0v) is 11.8. The maximum Gasteiger partial charge on any atom is 0.0912 e. The Hall–Kier alpha value is -0.910. The highest BCUT2D eigenvalue weighted by Gasteiger charge is 2.36. The van der Waals surface area contributed by atoms with Crippen molar-refractivity contribution in [3.05, 3.63) is 17.5 Å². The van der Waals surface area contributed by atoms with E-state index in [1.165, 1.54) is 11.3 Å². The molecule has 1 aromatic rings. The highest BCUT2D eigenvalue weighted by Crippen LogP contribution is 2.24. The topological polar surface area (TPSA) is 44.5 Å². The van der Waals surface area contributed by atoms with Crippen LogP contribution in [-0.2, 0) is 13.6 Å². The Bertz CT molecular complexity index is 415. The third-order valence-electron chi connectivity index (χ3n) is 3.75. The van der Waals surface area contributed by atoms with Crippen LogP contribution in [0.4, 0.5) is 0 Å². The second-order valence-electron chi connectivity index (χ2n) is 5.80. The Morgan fingerprint density at radius 1 is 1.50 bits per heavy atom. The zero-order valence-electron chi connectivity index (χ0n) is 11.8. The summed E-state index contributed by atoms with van der Waals surface area (Å²) in [5.41, 5.74) is 1.91. The number of aryl methyl sites for hydroxylation is 1. The third kappa shape index (κ3) is 2.91. The molecule has 0 bridgehead atoms. The number of aromatic nitrogens is 2. The second kappa shape index (κ2) is 4.99. The summed E-state index contributed by atoms with van der Waals surface area (Å²) in [6.45, 7) is 5.41. The fraction of sp³-hybridized carbons (Fsp3) is 0.769. The number of rotatable bonds is 4. The Morgan fingerprint density at radius 2 is 2.22 bits per heavy atom. The van der Waals surface area contributed by atoms with E-state index in [-0.39, 0.29) is 0 Å². The molecule has 0 aliphatic carbocycles. The Morgan fingerprint density at radius 3 is 2.78 bits per heavy atom. The molecule has 5 nitrogen and oxygen atoms in total. The molecule has 0 amide bonds. The quantitative estimate of drug-likeness (QED) is 0.833. The first-order valence-corrected chi connectivity index (χ1v) is 6.46. The van der Waals surface area contributed by atoms with Crippen molar-refractivity contribution in [3.8, 4) is 0 Å². The molecule has 0 saturated carbocycles. The van der Waals surface area contributed by atoms with Crippen LogP contribution in [0.1, 0.15) is 17.7 Å². The van der Waals surface area contributed by atoms with Crippen LogP contribution in [0.25, 0.3) is 0 Å². The lowest BCUT2D eigenvalue weighted by atomic mass is 10.0. The highest BCUT2D eigenvalue weighted by molar-refractivity contribution is 5.16. The van der Waals surface area contributed by atoms with Gasteiger partial charge in [-0.3, -0.25) is 9.58 Å². The van der Waals surface area contributed by atoms with E-state index in [1.54, 1.807) is 0 Å². The van der Waals surface area contributed by atoms with Crippen molar-refractivity contribution in [2.75, 3.05) is 33.7 Å². The first-order chi connectivity index (χ1) is 8.39. The molecule has 102 valence electrons. The molecule has 2 rings (SSSR count). The molecule has 2 heterocycles. The predicted octanol–water partition coefficient (Wildman–Crippen LogP) is 0.227. The normalized spacial score (nSPS) is 25.2. The molecular weight excluding hydrogens is 228 g/mol. The molecule has 1 saturated heterocycles. The van der Waals surface area contributed by atoms with Gasteiger partial charge in [0.25, 0.3) is 0 Å². The average molecular weight is 252 g/mol. The van der Waals surface area contributed by atoms with Crippen LogP contribution < -0.4 is 0 Å². The average Bonchev–Trinajstić information content (AvgIpc) is 2.76. The molecule has 5 heteroatoms. The number of likely N-dealkylation sites (N-methyl/N-ethyl adjacent to an activating group) is 1. The van der Waals surface area contributed by atoms with Gasteiger partial charge in [-0.2, -0.15) is 5.10 Å². The Balaban J connectivity index is 1.95. The molecule has 0 spiro atoms. The number of likely N-dealkylation sites (tertiary alicyclic amines) is 1. The number of hydrogen-bond acceptors (Lipinski definition) is 4. The third-order valence-corrected chi connectivity index (χ3v) is 3.75. The summed E-state index contributed by atoms with van der Waals surface area (Å²) >= 11 is 0. The van der Waals surface area contributed by atoms with E-state index in [9.17, 15) is 5.11 Å². The lowest BCUT2D eigenvalue weighted by Gasteiger charge is -2.26. The lowest BCUT2D eigenvalue weighted by Crippen LogP contribution is -2.42. The molecule has 18 heavy (non-hydrogen) atoms. The van der Waals surface area contributed by atoms with Crippen LogP contribution in [0.2, 0.25) is 0 Å². The van der Waals surface area contributed by atoms with Gasteiger partial charge in [0.1, 0.15) is 0 Å². The molecule has 1 aromatic heterocycles. The lowest BCUT2D eigenvalue weighted by molar-refractivity contribution is 0.0240. The van der Waals surface area contributed by atoms with Crippen LogP contribution in [0, 0.1) is 6.92 Å². The SMILES string of the molecule is Cc1c(CN2CCC(O)(CN(C)C)C2)cnn1C. The van der Waals surface area contributed by atoms with Crippen LogP contribution in [-0.4, -0.2) is 64.0 Å². The predicted molar refractivity (Wildman–Crippen MR) is 71.3 cm³/mol. The van der Waals surface area contributed by atoms with Crippen molar-refractivity contribution in [3.63, 3.8) is 0 Å². The molecule has 1 aliphatic rings. The van der Waals surface area contributed by atoms with Gasteiger partial charge in [0.15, 0.2) is 0 Å². The fourth-order valence-corrected chi connectivity index (χ4v) is 2.73. The number of aliphatic hydroxyl groups is 1. The number of nitrogens with zero attached hydrogens (tertiary/aromatic N) is 4. The summed E-state index contributed by atoms with van der Waals surface area (Å²) in [4.78, 5) is 4.37. The maximum atomic E-state index is 10.5. The summed E-state index contributed by atoms with van der Waals surface area (Å²) < 4.78 is 1.90. The van der Waals surface area contributed by atoms with E-state index in [4.69, 9.17) is 0 Å². The van der Waals surface area contributed by atoms with Gasteiger partial charge in [-0.05, 0) is 27.4 Å². The minimum atomic E-state index is -0.556. The van der Waals surface area contributed by atoms with Crippen molar-refractivity contribution in [1.82, 2.24) is 19.6 Å². The van der Waals surface area contributed by atoms with Crippen molar-refractivity contribution >= 4 is 0 Å². The van der Waals surface area contributed by atoms with Crippen molar-refractivity contribution in [1.29, 1.82) is 0 Å². The monoisotopic (exact) mass is 252 g/mol. The van der Waals surface area contributed by atoms with E-state index in [0.717, 1.165) is 32.6 Å². The summed E-state index contributed by atoms with van der Waals surface area (Å²) in [6.07, 6.45) is 2.78. The molecule has 0 aromatic carbocycles. The summed E-state index contributed by atoms with van der Waals surface area (Å²) in [5, 5.41) is 14.7. The molecule has 1 atom stereocenters. The van der Waals surface area contributed by atoms with Gasteiger partial charge < -0.3 is 10.0 Å². The Labute approximate surface area is 109 Å². The van der Waals surface area contributed by atoms with Crippen LogP contribution in [0.3, 0.4) is 0 Å². The van der Waals surface area contributed by atoms with Crippen LogP contribution >= 0.6 is 0 Å². The largest absolute Gasteiger partial charge is 0.387 e. The fourth-order valence-electron chi connectivity index (χ4n) is 2.73. The number of β-amino-alcohol motifs (C(OH)–C–C–N with tert-alkyl or cyclic N) is 1. The van der Waals surface area contributed by atoms with E-state index in [2.05, 4.69) is 21.8 Å². The van der Waals surface area contributed by atoms with Gasteiger partial charge in [0, 0.05) is 44.5 Å². The number of hydrogen-bond donors (Lipinski definition) is 1. The molecule has 0 radical (unpaired) electrons. The smallest absolute Gasteiger partial charge is 0.0912 e. The summed E-state index contributed by atoms with van der Waals surface area (Å²) in [5.74, 6) is 0. The van der Waals surface area contributed by atoms with Crippen LogP contribution in [0.15, 0.2) is 6.20 Å². The van der Waals surface area contributed by atoms with Gasteiger partial charge in [0.2, 0.25) is 0 Å². The standard InChI is InChI=1S/C13H24N4O/c1-11-12(7-14-16(11)4)8-17-6-5-13(18,10-17)9-15(2)3/h7,18H,5-6,8-10H2,1-4H3. The minimum Gasteiger partial charge on any atom is -0.387 e. The molecule has 1 fully saturated rings. The minimum absolute atomic E-state index is 0.556. The summed E-state index contributed by atoms with van der Waals surface area (Å²) in [6, 6.07) is 0. The molecular formula is C13H24N4O. The molecule has 1 unspecified atom stereocenters. The van der Waals surface area contributed by atoms with Crippen molar-refractivity contribution in [2.24, 2.45) is 7.05 Å². The van der Waals surface area contributed by atoms with E-state index >= 15 is 0 Å². The first kappa shape index (κ1) is 13.5. The Kier molecular flexibility index (Phi) is 3.75. The van der Waals surface area contributed by atoms with Gasteiger partial charge in [-0.1, -0.05) is 0 Å². The molecule has 1 aliphatic heterocycles. The van der Waals surface area contributed by atoms with E-state index < -0.39 is 5.60 Å². The van der Waals surface area contributed by atoms with Gasteiger partial charge in [0.05, 0.1) is 11.8 Å². The van der Waals surface area contributed by atoms with Crippen LogP contribution in [0.5, 0.6) is 0 Å². The second-order valence-corrected chi connectivity index (χ2v) is 5.80. The highest BCUT2D eigenvalue weighted by atomic mass is 16.3. The van der Waals surface area contributed by atoms with Gasteiger partial charge >= 0.3 is 0 Å². The van der Waals surface area contributed by atoms with E-state index in [0.29, 0.717) is 0 Å². The maximum absolute atomic E-state index is 10.5. The summed E-state index contributed by atoms with van der Waals surface area (Å²) in [7, 11) is 5.98. The molecule has 1 N–H and O–H groups in total. The van der Waals surface area contributed by atoms with Crippen molar-refractivity contribution < 1.29 is 5.11 Å². The van der Waals surface area contributed by atoms with Gasteiger partial charge in [-0.25, -0.2) is 0 Å². The van der Waals surface area contributed by atoms with Gasteiger partial charge in [-0.15, -0.1) is 0 Å². The van der Waals surface area contributed by atoms with Crippen molar-refractivity contribution in [2.45, 2.75) is 25.5 Å². The van der Waals surface area contributed by atoms with E-state index in [1.807, 2.05) is 32.0 Å². The first-order valence-electron chi connectivity index (χ1n) is 6.46.